The van der Waals surface area contributed by atoms with E-state index in [0.717, 1.165) is 16.6 Å². The molecule has 0 saturated carbocycles. The van der Waals surface area contributed by atoms with Crippen LogP contribution in [-0.4, -0.2) is 22.2 Å². The number of rotatable bonds is 2. The number of hydrogen-bond acceptors (Lipinski definition) is 3. The highest BCUT2D eigenvalue weighted by molar-refractivity contribution is 6.32. The van der Waals surface area contributed by atoms with Gasteiger partial charge in [-0.3, -0.25) is 0 Å². The quantitative estimate of drug-likeness (QED) is 0.751. The molecule has 0 fully saturated rings. The van der Waals surface area contributed by atoms with Crippen molar-refractivity contribution in [2.75, 3.05) is 7.11 Å². The van der Waals surface area contributed by atoms with Crippen LogP contribution in [-0.2, 0) is 0 Å². The van der Waals surface area contributed by atoms with Gasteiger partial charge in [-0.2, -0.15) is 0 Å². The molecule has 0 saturated heterocycles. The normalized spacial score (nSPS) is 10.8. The molecule has 0 aliphatic carbocycles. The summed E-state index contributed by atoms with van der Waals surface area (Å²) in [6.07, 6.45) is 0. The molecule has 2 N–H and O–H groups in total. The minimum absolute atomic E-state index is 0.0657. The maximum atomic E-state index is 9.72. The van der Waals surface area contributed by atoms with E-state index in [0.29, 0.717) is 11.6 Å². The molecule has 4 nitrogen and oxygen atoms in total. The number of ether oxygens (including phenoxy) is 1. The van der Waals surface area contributed by atoms with E-state index in [9.17, 15) is 5.11 Å². The summed E-state index contributed by atoms with van der Waals surface area (Å²) in [6.45, 7) is 0. The minimum atomic E-state index is -0.0657. The maximum absolute atomic E-state index is 9.72. The summed E-state index contributed by atoms with van der Waals surface area (Å²) in [5.41, 5.74) is 2.58. The number of aromatic amines is 1. The number of imidazole rings is 1. The number of methoxy groups -OCH3 is 1. The molecule has 96 valence electrons. The first-order chi connectivity index (χ1) is 9.19. The van der Waals surface area contributed by atoms with E-state index in [4.69, 9.17) is 16.3 Å². The van der Waals surface area contributed by atoms with Gasteiger partial charge in [-0.25, -0.2) is 4.98 Å². The van der Waals surface area contributed by atoms with Crippen LogP contribution in [0.4, 0.5) is 0 Å². The lowest BCUT2D eigenvalue weighted by atomic mass is 10.2. The minimum Gasteiger partial charge on any atom is -0.503 e. The highest BCUT2D eigenvalue weighted by atomic mass is 35.5. The molecule has 0 amide bonds. The number of halogens is 1. The Bertz CT molecular complexity index is 719. The van der Waals surface area contributed by atoms with Gasteiger partial charge in [0.2, 0.25) is 0 Å². The van der Waals surface area contributed by atoms with Crippen LogP contribution < -0.4 is 4.74 Å². The zero-order chi connectivity index (χ0) is 13.4. The van der Waals surface area contributed by atoms with Gasteiger partial charge in [0.05, 0.1) is 23.2 Å². The highest BCUT2D eigenvalue weighted by Crippen LogP contribution is 2.37. The Labute approximate surface area is 114 Å². The van der Waals surface area contributed by atoms with E-state index in [1.165, 1.54) is 7.11 Å². The summed E-state index contributed by atoms with van der Waals surface area (Å²) in [5, 5.41) is 9.95. The Balaban J connectivity index is 2.18. The lowest BCUT2D eigenvalue weighted by molar-refractivity contribution is 0.374. The molecule has 0 aliphatic rings. The molecule has 0 atom stereocenters. The molecule has 0 unspecified atom stereocenters. The van der Waals surface area contributed by atoms with Crippen molar-refractivity contribution >= 4 is 22.6 Å². The fourth-order valence-electron chi connectivity index (χ4n) is 1.96. The number of para-hydroxylation sites is 2. The second kappa shape index (κ2) is 4.48. The van der Waals surface area contributed by atoms with Crippen LogP contribution in [0.15, 0.2) is 36.4 Å². The summed E-state index contributed by atoms with van der Waals surface area (Å²) in [4.78, 5) is 7.68. The molecule has 1 heterocycles. The average Bonchev–Trinajstić information content (AvgIpc) is 2.85. The molecular weight excluding hydrogens is 264 g/mol. The molecule has 5 heteroatoms. The molecule has 3 aromatic rings. The molecule has 0 aliphatic heterocycles. The summed E-state index contributed by atoms with van der Waals surface area (Å²) in [5.74, 6) is 0.938. The molecule has 19 heavy (non-hydrogen) atoms. The first-order valence-corrected chi connectivity index (χ1v) is 6.08. The van der Waals surface area contributed by atoms with Crippen molar-refractivity contribution in [2.24, 2.45) is 0 Å². The summed E-state index contributed by atoms with van der Waals surface area (Å²) in [7, 11) is 1.48. The number of hydrogen-bond donors (Lipinski definition) is 2. The van der Waals surface area contributed by atoms with E-state index < -0.39 is 0 Å². The summed E-state index contributed by atoms with van der Waals surface area (Å²) >= 11 is 5.97. The molecule has 3 rings (SSSR count). The third-order valence-corrected chi connectivity index (χ3v) is 3.20. The predicted molar refractivity (Wildman–Crippen MR) is 74.8 cm³/mol. The predicted octanol–water partition coefficient (Wildman–Crippen LogP) is 3.60. The second-order valence-electron chi connectivity index (χ2n) is 4.11. The van der Waals surface area contributed by atoms with Crippen molar-refractivity contribution in [3.63, 3.8) is 0 Å². The SMILES string of the molecule is COc1cc(-c2nc3ccccc3[nH]2)cc(Cl)c1O. The smallest absolute Gasteiger partial charge is 0.176 e. The van der Waals surface area contributed by atoms with Crippen molar-refractivity contribution in [1.29, 1.82) is 0 Å². The number of aromatic nitrogens is 2. The number of aromatic hydroxyl groups is 1. The Morgan fingerprint density at radius 2 is 2.05 bits per heavy atom. The number of nitrogens with zero attached hydrogens (tertiary/aromatic N) is 1. The van der Waals surface area contributed by atoms with Crippen LogP contribution in [0, 0.1) is 0 Å². The zero-order valence-electron chi connectivity index (χ0n) is 10.1. The molecule has 0 spiro atoms. The second-order valence-corrected chi connectivity index (χ2v) is 4.52. The summed E-state index contributed by atoms with van der Waals surface area (Å²) < 4.78 is 5.09. The number of nitrogens with one attached hydrogen (secondary N) is 1. The van der Waals surface area contributed by atoms with Crippen molar-refractivity contribution in [3.8, 4) is 22.9 Å². The highest BCUT2D eigenvalue weighted by Gasteiger charge is 2.12. The molecule has 1 aromatic heterocycles. The van der Waals surface area contributed by atoms with Crippen molar-refractivity contribution in [1.82, 2.24) is 9.97 Å². The number of phenols is 1. The Morgan fingerprint density at radius 3 is 2.79 bits per heavy atom. The maximum Gasteiger partial charge on any atom is 0.176 e. The average molecular weight is 275 g/mol. The first-order valence-electron chi connectivity index (χ1n) is 5.70. The fourth-order valence-corrected chi connectivity index (χ4v) is 2.17. The van der Waals surface area contributed by atoms with Gasteiger partial charge in [0, 0.05) is 5.56 Å². The van der Waals surface area contributed by atoms with Crippen LogP contribution in [0.5, 0.6) is 11.5 Å². The number of benzene rings is 2. The van der Waals surface area contributed by atoms with Crippen LogP contribution in [0.2, 0.25) is 5.02 Å². The van der Waals surface area contributed by atoms with Gasteiger partial charge in [0.15, 0.2) is 11.5 Å². The topological polar surface area (TPSA) is 58.1 Å². The van der Waals surface area contributed by atoms with Gasteiger partial charge in [0.25, 0.3) is 0 Å². The van der Waals surface area contributed by atoms with Crippen molar-refractivity contribution in [3.05, 3.63) is 41.4 Å². The van der Waals surface area contributed by atoms with Gasteiger partial charge in [0.1, 0.15) is 5.82 Å². The van der Waals surface area contributed by atoms with E-state index >= 15 is 0 Å². The Hall–Kier alpha value is -2.20. The molecule has 0 radical (unpaired) electrons. The van der Waals surface area contributed by atoms with Crippen LogP contribution in [0.1, 0.15) is 0 Å². The number of phenolic OH excluding ortho intramolecular Hbond substituents is 1. The van der Waals surface area contributed by atoms with Gasteiger partial charge in [-0.05, 0) is 24.3 Å². The standard InChI is InChI=1S/C14H11ClN2O2/c1-19-12-7-8(6-9(15)13(12)18)14-16-10-4-2-3-5-11(10)17-14/h2-7,18H,1H3,(H,16,17). The van der Waals surface area contributed by atoms with Crippen LogP contribution in [0.3, 0.4) is 0 Å². The lowest BCUT2D eigenvalue weighted by Gasteiger charge is -2.06. The number of H-pyrrole nitrogens is 1. The van der Waals surface area contributed by atoms with E-state index in [-0.39, 0.29) is 10.8 Å². The first kappa shape index (κ1) is 11.9. The van der Waals surface area contributed by atoms with Crippen molar-refractivity contribution < 1.29 is 9.84 Å². The van der Waals surface area contributed by atoms with E-state index in [2.05, 4.69) is 9.97 Å². The van der Waals surface area contributed by atoms with Crippen molar-refractivity contribution in [2.45, 2.75) is 0 Å². The number of fused-ring (bicyclic) bond motifs is 1. The van der Waals surface area contributed by atoms with E-state index in [1.807, 2.05) is 24.3 Å². The zero-order valence-corrected chi connectivity index (χ0v) is 10.9. The van der Waals surface area contributed by atoms with Crippen LogP contribution >= 0.6 is 11.6 Å². The molecule has 0 bridgehead atoms. The van der Waals surface area contributed by atoms with E-state index in [1.54, 1.807) is 12.1 Å². The monoisotopic (exact) mass is 274 g/mol. The van der Waals surface area contributed by atoms with Gasteiger partial charge in [-0.1, -0.05) is 23.7 Å². The summed E-state index contributed by atoms with van der Waals surface area (Å²) in [6, 6.07) is 11.1. The third kappa shape index (κ3) is 2.00. The Kier molecular flexibility index (Phi) is 2.80. The van der Waals surface area contributed by atoms with Crippen LogP contribution in [0.25, 0.3) is 22.4 Å². The Morgan fingerprint density at radius 1 is 1.26 bits per heavy atom. The van der Waals surface area contributed by atoms with Gasteiger partial charge >= 0.3 is 0 Å². The van der Waals surface area contributed by atoms with Gasteiger partial charge in [-0.15, -0.1) is 0 Å². The molecule has 2 aromatic carbocycles. The molecular formula is C14H11ClN2O2. The third-order valence-electron chi connectivity index (χ3n) is 2.91. The fraction of sp³-hybridized carbons (Fsp3) is 0.0714. The lowest BCUT2D eigenvalue weighted by Crippen LogP contribution is -1.87. The largest absolute Gasteiger partial charge is 0.503 e. The van der Waals surface area contributed by atoms with Gasteiger partial charge < -0.3 is 14.8 Å².